The summed E-state index contributed by atoms with van der Waals surface area (Å²) in [6, 6.07) is 2.89. The number of carbonyl (C=O) groups excluding carboxylic acids is 5. The lowest BCUT2D eigenvalue weighted by Crippen LogP contribution is -2.49. The van der Waals surface area contributed by atoms with Gasteiger partial charge in [0.15, 0.2) is 0 Å². The normalized spacial score (nSPS) is 17.7. The molecule has 208 valence electrons. The average Bonchev–Trinajstić information content (AvgIpc) is 3.63. The molecule has 1 aliphatic rings. The molecule has 4 N–H and O–H groups in total. The summed E-state index contributed by atoms with van der Waals surface area (Å²) in [6.45, 7) is 4.35. The number of nitrogens with one attached hydrogen (secondary N) is 4. The SMILES string of the molecule is CCC(CC)CNC(=O)Cn1cccc(NC(=O)C2(NC(=O)c3cncnc3)CC2CC(=O)C(=O)NC)c1=O. The quantitative estimate of drug-likeness (QED) is 0.257. The fourth-order valence-corrected chi connectivity index (χ4v) is 4.25. The van der Waals surface area contributed by atoms with Gasteiger partial charge >= 0.3 is 0 Å². The molecule has 0 aliphatic heterocycles. The molecule has 1 saturated carbocycles. The van der Waals surface area contributed by atoms with E-state index in [-0.39, 0.29) is 36.5 Å². The van der Waals surface area contributed by atoms with E-state index in [2.05, 4.69) is 31.2 Å². The lowest BCUT2D eigenvalue weighted by atomic mass is 10.0. The summed E-state index contributed by atoms with van der Waals surface area (Å²) in [5, 5.41) is 10.2. The van der Waals surface area contributed by atoms with Gasteiger partial charge in [0.2, 0.25) is 11.7 Å². The predicted molar refractivity (Wildman–Crippen MR) is 140 cm³/mol. The standard InChI is InChI=1S/C26H33N7O6/c1-4-16(5-2)11-30-21(35)14-33-8-6-7-19(24(33)38)31-25(39)26(10-18(26)9-20(34)23(37)27-3)32-22(36)17-12-28-15-29-13-17/h6-8,12-13,15-16,18H,4-5,9-11,14H2,1-3H3,(H,27,37)(H,30,35)(H,31,39)(H,32,36). The molecule has 39 heavy (non-hydrogen) atoms. The molecule has 2 unspecified atom stereocenters. The van der Waals surface area contributed by atoms with E-state index in [1.54, 1.807) is 0 Å². The Bertz CT molecular complexity index is 1290. The van der Waals surface area contributed by atoms with Crippen LogP contribution >= 0.6 is 0 Å². The number of nitrogens with zero attached hydrogens (tertiary/aromatic N) is 3. The van der Waals surface area contributed by atoms with Gasteiger partial charge in [0.25, 0.3) is 23.3 Å². The van der Waals surface area contributed by atoms with Gasteiger partial charge in [-0.1, -0.05) is 26.7 Å². The van der Waals surface area contributed by atoms with Crippen LogP contribution in [0.5, 0.6) is 0 Å². The van der Waals surface area contributed by atoms with Crippen molar-refractivity contribution in [3.63, 3.8) is 0 Å². The van der Waals surface area contributed by atoms with Gasteiger partial charge < -0.3 is 25.8 Å². The Hall–Kier alpha value is -4.42. The number of likely N-dealkylation sites (N-methyl/N-ethyl adjacent to an activating group) is 1. The smallest absolute Gasteiger partial charge is 0.287 e. The lowest BCUT2D eigenvalue weighted by Gasteiger charge is -2.19. The van der Waals surface area contributed by atoms with Gasteiger partial charge in [-0.3, -0.25) is 28.8 Å². The van der Waals surface area contributed by atoms with E-state index >= 15 is 0 Å². The van der Waals surface area contributed by atoms with E-state index in [9.17, 15) is 28.8 Å². The van der Waals surface area contributed by atoms with Crippen LogP contribution in [0.4, 0.5) is 5.69 Å². The Kier molecular flexibility index (Phi) is 9.63. The molecule has 0 bridgehead atoms. The fraction of sp³-hybridized carbons (Fsp3) is 0.462. The van der Waals surface area contributed by atoms with Crippen molar-refractivity contribution < 1.29 is 24.0 Å². The first-order chi connectivity index (χ1) is 18.6. The van der Waals surface area contributed by atoms with Crippen LogP contribution in [0, 0.1) is 11.8 Å². The molecule has 4 amide bonds. The number of anilines is 1. The average molecular weight is 540 g/mol. The Labute approximate surface area is 225 Å². The monoisotopic (exact) mass is 539 g/mol. The summed E-state index contributed by atoms with van der Waals surface area (Å²) < 4.78 is 1.17. The number of rotatable bonds is 13. The van der Waals surface area contributed by atoms with Crippen molar-refractivity contribution in [2.45, 2.75) is 51.6 Å². The highest BCUT2D eigenvalue weighted by molar-refractivity contribution is 6.36. The molecule has 2 aromatic rings. The van der Waals surface area contributed by atoms with Crippen molar-refractivity contribution in [1.29, 1.82) is 0 Å². The molecule has 2 heterocycles. The van der Waals surface area contributed by atoms with Crippen molar-refractivity contribution in [2.24, 2.45) is 11.8 Å². The number of Topliss-reactive ketones (excluding diaryl/α,β-unsaturated/α-hetero) is 1. The van der Waals surface area contributed by atoms with Crippen LogP contribution in [0.2, 0.25) is 0 Å². The van der Waals surface area contributed by atoms with Crippen molar-refractivity contribution in [1.82, 2.24) is 30.5 Å². The van der Waals surface area contributed by atoms with Gasteiger partial charge in [-0.25, -0.2) is 9.97 Å². The Morgan fingerprint density at radius 2 is 1.82 bits per heavy atom. The van der Waals surface area contributed by atoms with E-state index in [0.29, 0.717) is 12.5 Å². The predicted octanol–water partition coefficient (Wildman–Crippen LogP) is 0.0231. The maximum absolute atomic E-state index is 13.4. The van der Waals surface area contributed by atoms with Crippen LogP contribution in [0.15, 0.2) is 41.8 Å². The largest absolute Gasteiger partial charge is 0.354 e. The summed E-state index contributed by atoms with van der Waals surface area (Å²) in [4.78, 5) is 83.2. The van der Waals surface area contributed by atoms with Gasteiger partial charge in [0.05, 0.1) is 5.56 Å². The number of pyridine rings is 1. The third-order valence-electron chi connectivity index (χ3n) is 6.91. The molecule has 2 aromatic heterocycles. The third-order valence-corrected chi connectivity index (χ3v) is 6.91. The highest BCUT2D eigenvalue weighted by Crippen LogP contribution is 2.47. The van der Waals surface area contributed by atoms with Crippen LogP contribution < -0.4 is 26.8 Å². The minimum atomic E-state index is -1.55. The molecular formula is C26H33N7O6. The van der Waals surface area contributed by atoms with E-state index < -0.39 is 40.5 Å². The summed E-state index contributed by atoms with van der Waals surface area (Å²) in [5.41, 5.74) is -2.17. The second-order valence-electron chi connectivity index (χ2n) is 9.46. The molecule has 1 fully saturated rings. The molecule has 0 radical (unpaired) electrons. The van der Waals surface area contributed by atoms with Gasteiger partial charge in [-0.05, 0) is 24.5 Å². The van der Waals surface area contributed by atoms with Gasteiger partial charge in [-0.2, -0.15) is 0 Å². The molecule has 13 heteroatoms. The molecule has 0 spiro atoms. The lowest BCUT2D eigenvalue weighted by molar-refractivity contribution is -0.137. The number of aromatic nitrogens is 3. The van der Waals surface area contributed by atoms with Crippen LogP contribution in [0.25, 0.3) is 0 Å². The topological polar surface area (TPSA) is 181 Å². The van der Waals surface area contributed by atoms with Crippen LogP contribution in [0.3, 0.4) is 0 Å². The summed E-state index contributed by atoms with van der Waals surface area (Å²) >= 11 is 0. The fourth-order valence-electron chi connectivity index (χ4n) is 4.25. The number of carbonyl (C=O) groups is 5. The van der Waals surface area contributed by atoms with Crippen molar-refractivity contribution >= 4 is 35.1 Å². The van der Waals surface area contributed by atoms with Crippen molar-refractivity contribution in [3.05, 3.63) is 53.0 Å². The van der Waals surface area contributed by atoms with Crippen LogP contribution in [-0.2, 0) is 25.7 Å². The molecule has 2 atom stereocenters. The first-order valence-corrected chi connectivity index (χ1v) is 12.7. The molecule has 1 aliphatic carbocycles. The van der Waals surface area contributed by atoms with E-state index in [4.69, 9.17) is 0 Å². The van der Waals surface area contributed by atoms with Crippen LogP contribution in [0.1, 0.15) is 49.9 Å². The Balaban J connectivity index is 1.77. The zero-order chi connectivity index (χ0) is 28.6. The second-order valence-corrected chi connectivity index (χ2v) is 9.46. The minimum absolute atomic E-state index is 0.0699. The molecule has 0 aromatic carbocycles. The summed E-state index contributed by atoms with van der Waals surface area (Å²) in [7, 11) is 1.32. The Morgan fingerprint density at radius 3 is 2.46 bits per heavy atom. The number of ketones is 1. The first-order valence-electron chi connectivity index (χ1n) is 12.7. The zero-order valence-electron chi connectivity index (χ0n) is 22.2. The van der Waals surface area contributed by atoms with E-state index in [1.165, 1.54) is 48.7 Å². The minimum Gasteiger partial charge on any atom is -0.354 e. The highest BCUT2D eigenvalue weighted by Gasteiger charge is 2.62. The van der Waals surface area contributed by atoms with Gasteiger partial charge in [0, 0.05) is 44.5 Å². The molecule has 3 rings (SSSR count). The van der Waals surface area contributed by atoms with Crippen LogP contribution in [-0.4, -0.2) is 63.1 Å². The van der Waals surface area contributed by atoms with Gasteiger partial charge in [0.1, 0.15) is 24.1 Å². The van der Waals surface area contributed by atoms with E-state index in [0.717, 1.165) is 12.8 Å². The third kappa shape index (κ3) is 7.12. The molecule has 0 saturated heterocycles. The first kappa shape index (κ1) is 29.1. The summed E-state index contributed by atoms with van der Waals surface area (Å²) in [5.74, 6) is -3.61. The highest BCUT2D eigenvalue weighted by atomic mass is 16.2. The maximum Gasteiger partial charge on any atom is 0.287 e. The molecular weight excluding hydrogens is 506 g/mol. The second kappa shape index (κ2) is 12.9. The number of hydrogen-bond donors (Lipinski definition) is 4. The molecule has 13 nitrogen and oxygen atoms in total. The maximum atomic E-state index is 13.4. The number of hydrogen-bond acceptors (Lipinski definition) is 8. The zero-order valence-corrected chi connectivity index (χ0v) is 22.2. The number of amides is 4. The van der Waals surface area contributed by atoms with Crippen molar-refractivity contribution in [3.8, 4) is 0 Å². The van der Waals surface area contributed by atoms with E-state index in [1.807, 2.05) is 13.8 Å². The van der Waals surface area contributed by atoms with Crippen molar-refractivity contribution in [2.75, 3.05) is 18.9 Å². The Morgan fingerprint density at radius 1 is 1.13 bits per heavy atom. The summed E-state index contributed by atoms with van der Waals surface area (Å²) in [6.07, 6.45) is 6.84. The van der Waals surface area contributed by atoms with Gasteiger partial charge in [-0.15, -0.1) is 0 Å².